The predicted octanol–water partition coefficient (Wildman–Crippen LogP) is 1.24. The van der Waals surface area contributed by atoms with Crippen molar-refractivity contribution >= 4 is 10.2 Å². The van der Waals surface area contributed by atoms with Crippen LogP contribution < -0.4 is 0 Å². The molecule has 0 heterocycles. The maximum absolute atomic E-state index is 1.86. The van der Waals surface area contributed by atoms with Crippen LogP contribution in [0.4, 0.5) is 0 Å². The molecule has 0 nitrogen and oxygen atoms in total. The zero-order chi connectivity index (χ0) is 5.82. The van der Waals surface area contributed by atoms with Gasteiger partial charge in [-0.2, -0.15) is 0 Å². The van der Waals surface area contributed by atoms with Crippen molar-refractivity contribution in [2.24, 2.45) is 0 Å². The van der Waals surface area contributed by atoms with Crippen LogP contribution in [0.2, 0.25) is 0 Å². The van der Waals surface area contributed by atoms with Gasteiger partial charge in [-0.25, -0.2) is 0 Å². The first-order valence-corrected chi connectivity index (χ1v) is 4.71. The zero-order valence-corrected chi connectivity index (χ0v) is 7.74. The minimum atomic E-state index is 1.37. The summed E-state index contributed by atoms with van der Waals surface area (Å²) in [6.07, 6.45) is 8.88. The Morgan fingerprint density at radius 1 is 0.875 bits per heavy atom. The van der Waals surface area contributed by atoms with Crippen LogP contribution in [0.25, 0.3) is 0 Å². The van der Waals surface area contributed by atoms with Crippen molar-refractivity contribution in [2.75, 3.05) is 0 Å². The molecule has 47 valence electrons. The van der Waals surface area contributed by atoms with Gasteiger partial charge < -0.3 is 0 Å². The van der Waals surface area contributed by atoms with Crippen LogP contribution in [0.5, 0.6) is 0 Å². The summed E-state index contributed by atoms with van der Waals surface area (Å²) < 4.78 is 0. The Labute approximate surface area is 55.1 Å². The molecule has 0 spiro atoms. The molecule has 0 aromatic heterocycles. The van der Waals surface area contributed by atoms with Gasteiger partial charge >= 0.3 is 0 Å². The van der Waals surface area contributed by atoms with E-state index in [0.29, 0.717) is 0 Å². The van der Waals surface area contributed by atoms with E-state index in [4.69, 9.17) is 0 Å². The van der Waals surface area contributed by atoms with E-state index in [1.807, 2.05) is 5.54 Å². The molecule has 1 aliphatic carbocycles. The van der Waals surface area contributed by atoms with Gasteiger partial charge in [-0.15, -0.1) is 0 Å². The highest BCUT2D eigenvalue weighted by Gasteiger charge is 2.05. The summed E-state index contributed by atoms with van der Waals surface area (Å²) in [6, 6.07) is 0. The largest absolute Gasteiger partial charge is 0.0533 e. The minimum Gasteiger partial charge on any atom is -0.0533 e. The van der Waals surface area contributed by atoms with E-state index >= 15 is 0 Å². The third kappa shape index (κ3) is 1.99. The quantitative estimate of drug-likeness (QED) is 0.339. The van der Waals surface area contributed by atoms with Gasteiger partial charge in [0.2, 0.25) is 0 Å². The molecule has 0 aliphatic heterocycles. The van der Waals surface area contributed by atoms with Crippen molar-refractivity contribution < 1.29 is 0 Å². The summed E-state index contributed by atoms with van der Waals surface area (Å²) in [5.41, 5.74) is 1.86. The van der Waals surface area contributed by atoms with Gasteiger partial charge in [0, 0.05) is 10.2 Å². The molecule has 0 atom stereocenters. The SMILES string of the molecule is [SiH3][C]1CCCCCC1. The maximum atomic E-state index is 1.86. The van der Waals surface area contributed by atoms with Crippen LogP contribution in [0.3, 0.4) is 0 Å². The molecule has 0 N–H and O–H groups in total. The molecule has 8 heavy (non-hydrogen) atoms. The molecule has 0 unspecified atom stereocenters. The van der Waals surface area contributed by atoms with Gasteiger partial charge in [-0.05, 0) is 5.54 Å². The highest BCUT2D eigenvalue weighted by molar-refractivity contribution is 6.18. The van der Waals surface area contributed by atoms with E-state index in [1.54, 1.807) is 0 Å². The summed E-state index contributed by atoms with van der Waals surface area (Å²) in [7, 11) is 1.37. The summed E-state index contributed by atoms with van der Waals surface area (Å²) in [4.78, 5) is 0. The maximum Gasteiger partial charge on any atom is 0.0109 e. The highest BCUT2D eigenvalue weighted by Crippen LogP contribution is 2.20. The van der Waals surface area contributed by atoms with Gasteiger partial charge in [-0.1, -0.05) is 38.5 Å². The Morgan fingerprint density at radius 3 is 1.88 bits per heavy atom. The smallest absolute Gasteiger partial charge is 0.0109 e. The second kappa shape index (κ2) is 3.28. The molecule has 0 aromatic rings. The summed E-state index contributed by atoms with van der Waals surface area (Å²) in [5.74, 6) is 0. The fourth-order valence-electron chi connectivity index (χ4n) is 1.33. The van der Waals surface area contributed by atoms with E-state index in [2.05, 4.69) is 0 Å². The van der Waals surface area contributed by atoms with Crippen LogP contribution in [0.15, 0.2) is 0 Å². The van der Waals surface area contributed by atoms with E-state index < -0.39 is 0 Å². The highest BCUT2D eigenvalue weighted by atomic mass is 28.1. The lowest BCUT2D eigenvalue weighted by Crippen LogP contribution is -1.92. The Bertz CT molecular complexity index is 53.4. The number of hydrogen-bond acceptors (Lipinski definition) is 0. The van der Waals surface area contributed by atoms with Crippen LogP contribution >= 0.6 is 0 Å². The second-order valence-corrected chi connectivity index (χ2v) is 4.29. The Hall–Kier alpha value is 0.217. The third-order valence-corrected chi connectivity index (χ3v) is 2.96. The lowest BCUT2D eigenvalue weighted by Gasteiger charge is -2.01. The molecule has 1 rings (SSSR count). The van der Waals surface area contributed by atoms with Gasteiger partial charge in [0.25, 0.3) is 0 Å². The van der Waals surface area contributed by atoms with E-state index in [9.17, 15) is 0 Å². The third-order valence-electron chi connectivity index (χ3n) is 1.96. The standard InChI is InChI=1S/C7H15Si/c8-7-5-3-1-2-4-6-7/h1-6H2,8H3. The number of hydrogen-bond donors (Lipinski definition) is 0. The van der Waals surface area contributed by atoms with Gasteiger partial charge in [0.1, 0.15) is 0 Å². The minimum absolute atomic E-state index is 1.37. The van der Waals surface area contributed by atoms with Crippen LogP contribution in [0.1, 0.15) is 38.5 Å². The lowest BCUT2D eigenvalue weighted by molar-refractivity contribution is 0.702. The first-order chi connectivity index (χ1) is 3.89. The Morgan fingerprint density at radius 2 is 1.38 bits per heavy atom. The average molecular weight is 127 g/mol. The molecule has 1 radical (unpaired) electrons. The van der Waals surface area contributed by atoms with E-state index in [1.165, 1.54) is 48.8 Å². The van der Waals surface area contributed by atoms with Crippen LogP contribution in [0, 0.1) is 5.54 Å². The van der Waals surface area contributed by atoms with Crippen LogP contribution in [-0.2, 0) is 0 Å². The summed E-state index contributed by atoms with van der Waals surface area (Å²) >= 11 is 0. The second-order valence-electron chi connectivity index (χ2n) is 2.87. The van der Waals surface area contributed by atoms with Crippen molar-refractivity contribution in [3.05, 3.63) is 5.54 Å². The number of rotatable bonds is 0. The molecular formula is C7H15Si. The van der Waals surface area contributed by atoms with Gasteiger partial charge in [-0.3, -0.25) is 0 Å². The zero-order valence-electron chi connectivity index (χ0n) is 5.74. The monoisotopic (exact) mass is 127 g/mol. The van der Waals surface area contributed by atoms with Gasteiger partial charge in [0.05, 0.1) is 0 Å². The molecule has 1 saturated carbocycles. The van der Waals surface area contributed by atoms with Crippen molar-refractivity contribution in [3.8, 4) is 0 Å². The summed E-state index contributed by atoms with van der Waals surface area (Å²) in [5, 5.41) is 0. The summed E-state index contributed by atoms with van der Waals surface area (Å²) in [6.45, 7) is 0. The van der Waals surface area contributed by atoms with Crippen LogP contribution in [-0.4, -0.2) is 10.2 Å². The molecule has 1 fully saturated rings. The first kappa shape index (κ1) is 6.34. The topological polar surface area (TPSA) is 0 Å². The Kier molecular flexibility index (Phi) is 2.60. The molecule has 1 heteroatoms. The van der Waals surface area contributed by atoms with Crippen molar-refractivity contribution in [2.45, 2.75) is 38.5 Å². The van der Waals surface area contributed by atoms with Crippen molar-refractivity contribution in [3.63, 3.8) is 0 Å². The van der Waals surface area contributed by atoms with Crippen molar-refractivity contribution in [1.29, 1.82) is 0 Å². The molecular weight excluding hydrogens is 112 g/mol. The molecule has 0 saturated heterocycles. The Balaban J connectivity index is 2.17. The van der Waals surface area contributed by atoms with Gasteiger partial charge in [0.15, 0.2) is 0 Å². The lowest BCUT2D eigenvalue weighted by atomic mass is 10.2. The molecule has 0 amide bonds. The fraction of sp³-hybridized carbons (Fsp3) is 0.857. The molecule has 0 aromatic carbocycles. The molecule has 0 bridgehead atoms. The van der Waals surface area contributed by atoms with E-state index in [-0.39, 0.29) is 0 Å². The van der Waals surface area contributed by atoms with E-state index in [0.717, 1.165) is 0 Å². The molecule has 1 aliphatic rings. The first-order valence-electron chi connectivity index (χ1n) is 3.71. The predicted molar refractivity (Wildman–Crippen MR) is 40.9 cm³/mol. The fourth-order valence-corrected chi connectivity index (χ4v) is 2.04. The van der Waals surface area contributed by atoms with Crippen molar-refractivity contribution in [1.82, 2.24) is 0 Å². The normalized spacial score (nSPS) is 25.5. The average Bonchev–Trinajstić information content (AvgIpc) is 1.94.